The number of hydrogen-bond donors (Lipinski definition) is 1. The Morgan fingerprint density at radius 1 is 0.800 bits per heavy atom. The first-order valence-electron chi connectivity index (χ1n) is 8.64. The molecule has 0 radical (unpaired) electrons. The average Bonchev–Trinajstić information content (AvgIpc) is 2.50. The highest BCUT2D eigenvalue weighted by Crippen LogP contribution is 2.54. The van der Waals surface area contributed by atoms with Crippen LogP contribution in [-0.4, -0.2) is 0 Å². The molecule has 5 heteroatoms. The van der Waals surface area contributed by atoms with Crippen molar-refractivity contribution in [1.82, 2.24) is 0 Å². The molecule has 0 unspecified atom stereocenters. The highest BCUT2D eigenvalue weighted by Gasteiger charge is 2.20. The zero-order valence-corrected chi connectivity index (χ0v) is 17.9. The summed E-state index contributed by atoms with van der Waals surface area (Å²) in [5.41, 5.74) is -0.472. The summed E-state index contributed by atoms with van der Waals surface area (Å²) in [5, 5.41) is 0. The second-order valence-electron chi connectivity index (χ2n) is 7.06. The van der Waals surface area contributed by atoms with Crippen LogP contribution < -0.4 is 9.05 Å². The zero-order valence-electron chi connectivity index (χ0n) is 15.3. The first-order valence-corrected chi connectivity index (χ1v) is 12.4. The Morgan fingerprint density at radius 3 is 1.52 bits per heavy atom. The molecule has 25 heavy (non-hydrogen) atoms. The SMILES string of the molecule is CC(C)Cc1ccccc1OP(=S)(S)Oc1ccccc1CC(C)C. The van der Waals surface area contributed by atoms with Crippen molar-refractivity contribution in [3.8, 4) is 11.5 Å². The first kappa shape index (κ1) is 20.4. The van der Waals surface area contributed by atoms with Crippen LogP contribution in [0.5, 0.6) is 11.5 Å². The van der Waals surface area contributed by atoms with Crippen LogP contribution in [0.1, 0.15) is 38.8 Å². The fourth-order valence-electron chi connectivity index (χ4n) is 2.67. The molecule has 2 nitrogen and oxygen atoms in total. The lowest BCUT2D eigenvalue weighted by molar-refractivity contribution is 0.492. The number of para-hydroxylation sites is 2. The standard InChI is InChI=1S/C20H27O2PS2/c1-15(2)13-17-9-5-7-11-19(17)21-23(24,25)22-20-12-8-6-10-18(20)14-16(3)4/h5-12,15-16H,13-14H2,1-4H3,(H,24,25). The lowest BCUT2D eigenvalue weighted by Gasteiger charge is -2.22. The van der Waals surface area contributed by atoms with Crippen LogP contribution >= 0.6 is 17.9 Å². The molecular formula is C20H27O2PS2. The zero-order chi connectivity index (χ0) is 18.4. The summed E-state index contributed by atoms with van der Waals surface area (Å²) in [6, 6.07) is 16.0. The molecule has 0 saturated heterocycles. The van der Waals surface area contributed by atoms with Gasteiger partial charge < -0.3 is 9.05 Å². The molecule has 0 aromatic heterocycles. The molecule has 0 heterocycles. The Hall–Kier alpha value is -0.960. The molecule has 0 bridgehead atoms. The van der Waals surface area contributed by atoms with Crippen molar-refractivity contribution >= 4 is 29.7 Å². The normalized spacial score (nSPS) is 11.8. The maximum Gasteiger partial charge on any atom is 0.345 e. The van der Waals surface area contributed by atoms with Gasteiger partial charge in [-0.1, -0.05) is 76.3 Å². The highest BCUT2D eigenvalue weighted by atomic mass is 32.9. The van der Waals surface area contributed by atoms with Crippen molar-refractivity contribution < 1.29 is 9.05 Å². The molecule has 2 rings (SSSR count). The predicted octanol–water partition coefficient (Wildman–Crippen LogP) is 6.70. The van der Waals surface area contributed by atoms with Crippen LogP contribution in [0.15, 0.2) is 48.5 Å². The molecule has 0 amide bonds. The van der Waals surface area contributed by atoms with Crippen LogP contribution in [0.25, 0.3) is 0 Å². The van der Waals surface area contributed by atoms with E-state index in [-0.39, 0.29) is 0 Å². The van der Waals surface area contributed by atoms with E-state index in [1.54, 1.807) is 0 Å². The Balaban J connectivity index is 2.20. The molecule has 0 fully saturated rings. The molecule has 0 aliphatic rings. The van der Waals surface area contributed by atoms with E-state index in [0.29, 0.717) is 11.8 Å². The maximum atomic E-state index is 6.07. The van der Waals surface area contributed by atoms with Gasteiger partial charge in [0.1, 0.15) is 11.5 Å². The van der Waals surface area contributed by atoms with Crippen LogP contribution in [0, 0.1) is 11.8 Å². The van der Waals surface area contributed by atoms with Gasteiger partial charge in [0.2, 0.25) is 0 Å². The average molecular weight is 395 g/mol. The smallest absolute Gasteiger partial charge is 0.345 e. The molecule has 0 N–H and O–H groups in total. The molecule has 0 aliphatic heterocycles. The minimum absolute atomic E-state index is 0.537. The Kier molecular flexibility index (Phi) is 7.42. The minimum Gasteiger partial charge on any atom is -0.428 e. The Labute approximate surface area is 162 Å². The van der Waals surface area contributed by atoms with Gasteiger partial charge in [-0.2, -0.15) is 0 Å². The van der Waals surface area contributed by atoms with Gasteiger partial charge in [-0.05, 0) is 59.7 Å². The molecule has 2 aromatic carbocycles. The van der Waals surface area contributed by atoms with E-state index in [0.717, 1.165) is 35.5 Å². The van der Waals surface area contributed by atoms with Gasteiger partial charge in [-0.25, -0.2) is 0 Å². The van der Waals surface area contributed by atoms with Crippen molar-refractivity contribution in [1.29, 1.82) is 0 Å². The van der Waals surface area contributed by atoms with Gasteiger partial charge in [0, 0.05) is 0 Å². The van der Waals surface area contributed by atoms with Gasteiger partial charge >= 0.3 is 5.69 Å². The molecule has 0 saturated carbocycles. The van der Waals surface area contributed by atoms with Gasteiger partial charge in [0.05, 0.1) is 0 Å². The van der Waals surface area contributed by atoms with Crippen LogP contribution in [-0.2, 0) is 24.6 Å². The Morgan fingerprint density at radius 2 is 1.16 bits per heavy atom. The summed E-state index contributed by atoms with van der Waals surface area (Å²) in [4.78, 5) is 0. The summed E-state index contributed by atoms with van der Waals surface area (Å²) in [6.07, 6.45) is 1.87. The maximum absolute atomic E-state index is 6.07. The third kappa shape index (κ3) is 6.69. The highest BCUT2D eigenvalue weighted by molar-refractivity contribution is 8.60. The summed E-state index contributed by atoms with van der Waals surface area (Å²) in [6.45, 7) is 8.75. The molecular weight excluding hydrogens is 367 g/mol. The van der Waals surface area contributed by atoms with Crippen LogP contribution in [0.4, 0.5) is 0 Å². The summed E-state index contributed by atoms with van der Waals surface area (Å²) in [7, 11) is 0. The van der Waals surface area contributed by atoms with Gasteiger partial charge in [0.25, 0.3) is 0 Å². The minimum atomic E-state index is -2.75. The van der Waals surface area contributed by atoms with Crippen molar-refractivity contribution in [2.75, 3.05) is 0 Å². The number of thiol groups is 1. The lowest BCUT2D eigenvalue weighted by atomic mass is 10.0. The van der Waals surface area contributed by atoms with Crippen LogP contribution in [0.2, 0.25) is 0 Å². The van der Waals surface area contributed by atoms with Gasteiger partial charge in [-0.3, -0.25) is 0 Å². The van der Waals surface area contributed by atoms with Crippen molar-refractivity contribution in [2.45, 2.75) is 40.5 Å². The van der Waals surface area contributed by atoms with E-state index < -0.39 is 5.69 Å². The predicted molar refractivity (Wildman–Crippen MR) is 114 cm³/mol. The van der Waals surface area contributed by atoms with E-state index >= 15 is 0 Å². The lowest BCUT2D eigenvalue weighted by Crippen LogP contribution is -2.03. The quantitative estimate of drug-likeness (QED) is 0.397. The number of hydrogen-bond acceptors (Lipinski definition) is 3. The molecule has 0 spiro atoms. The fourth-order valence-corrected chi connectivity index (χ4v) is 4.57. The number of benzene rings is 2. The summed E-state index contributed by atoms with van der Waals surface area (Å²) in [5.74, 6) is 2.62. The monoisotopic (exact) mass is 394 g/mol. The van der Waals surface area contributed by atoms with E-state index in [2.05, 4.69) is 52.1 Å². The summed E-state index contributed by atoms with van der Waals surface area (Å²) >= 11 is 10.2. The van der Waals surface area contributed by atoms with Crippen LogP contribution in [0.3, 0.4) is 0 Å². The van der Waals surface area contributed by atoms with Crippen molar-refractivity contribution in [3.63, 3.8) is 0 Å². The van der Waals surface area contributed by atoms with Crippen molar-refractivity contribution in [3.05, 3.63) is 59.7 Å². The molecule has 2 aromatic rings. The number of rotatable bonds is 8. The second-order valence-corrected chi connectivity index (χ2v) is 12.2. The first-order chi connectivity index (χ1) is 11.8. The topological polar surface area (TPSA) is 18.5 Å². The third-order valence-electron chi connectivity index (χ3n) is 3.63. The largest absolute Gasteiger partial charge is 0.428 e. The van der Waals surface area contributed by atoms with Crippen molar-refractivity contribution in [2.24, 2.45) is 11.8 Å². The summed E-state index contributed by atoms with van der Waals surface area (Å²) < 4.78 is 12.1. The van der Waals surface area contributed by atoms with Gasteiger partial charge in [0.15, 0.2) is 0 Å². The van der Waals surface area contributed by atoms with E-state index in [9.17, 15) is 0 Å². The van der Waals surface area contributed by atoms with E-state index in [1.807, 2.05) is 36.4 Å². The second kappa shape index (κ2) is 9.12. The van der Waals surface area contributed by atoms with Gasteiger partial charge in [-0.15, -0.1) is 0 Å². The molecule has 136 valence electrons. The van der Waals surface area contributed by atoms with E-state index in [4.69, 9.17) is 20.9 Å². The molecule has 0 aliphatic carbocycles. The Bertz CT molecular complexity index is 684. The third-order valence-corrected chi connectivity index (χ3v) is 5.42. The van der Waals surface area contributed by atoms with E-state index in [1.165, 1.54) is 0 Å². The molecule has 0 atom stereocenters. The fraction of sp³-hybridized carbons (Fsp3) is 0.400.